The van der Waals surface area contributed by atoms with Crippen molar-refractivity contribution in [3.8, 4) is 0 Å². The van der Waals surface area contributed by atoms with Gasteiger partial charge in [0.15, 0.2) is 0 Å². The Morgan fingerprint density at radius 1 is 1.13 bits per heavy atom. The standard InChI is InChI=1S/C12H21NOS/c15-12(13-7-3-1-4-8-13)10-11-6-2-5-9-14-11/h11H,1-10H2. The van der Waals surface area contributed by atoms with E-state index >= 15 is 0 Å². The molecular formula is C12H21NOS. The van der Waals surface area contributed by atoms with Crippen molar-refractivity contribution in [2.45, 2.75) is 51.0 Å². The molecule has 0 N–H and O–H groups in total. The lowest BCUT2D eigenvalue weighted by molar-refractivity contribution is 0.0198. The van der Waals surface area contributed by atoms with Crippen molar-refractivity contribution in [2.75, 3.05) is 19.7 Å². The summed E-state index contributed by atoms with van der Waals surface area (Å²) < 4.78 is 5.73. The maximum atomic E-state index is 5.73. The van der Waals surface area contributed by atoms with E-state index in [9.17, 15) is 0 Å². The summed E-state index contributed by atoms with van der Waals surface area (Å²) in [6.07, 6.45) is 9.13. The summed E-state index contributed by atoms with van der Waals surface area (Å²) in [6, 6.07) is 0. The van der Waals surface area contributed by atoms with Crippen molar-refractivity contribution in [1.29, 1.82) is 0 Å². The van der Waals surface area contributed by atoms with Gasteiger partial charge in [0.2, 0.25) is 0 Å². The van der Waals surface area contributed by atoms with Crippen LogP contribution in [0.15, 0.2) is 0 Å². The summed E-state index contributed by atoms with van der Waals surface area (Å²) in [4.78, 5) is 3.53. The van der Waals surface area contributed by atoms with E-state index in [2.05, 4.69) is 4.90 Å². The lowest BCUT2D eigenvalue weighted by Crippen LogP contribution is -2.37. The van der Waals surface area contributed by atoms with Gasteiger partial charge in [0.05, 0.1) is 11.1 Å². The normalized spacial score (nSPS) is 27.7. The molecule has 2 saturated heterocycles. The molecule has 0 aromatic carbocycles. The predicted octanol–water partition coefficient (Wildman–Crippen LogP) is 2.76. The van der Waals surface area contributed by atoms with E-state index in [1.54, 1.807) is 0 Å². The predicted molar refractivity (Wildman–Crippen MR) is 66.2 cm³/mol. The molecule has 0 bridgehead atoms. The summed E-state index contributed by atoms with van der Waals surface area (Å²) in [5, 5.41) is 0. The molecule has 0 radical (unpaired) electrons. The van der Waals surface area contributed by atoms with Crippen molar-refractivity contribution < 1.29 is 4.74 Å². The van der Waals surface area contributed by atoms with Gasteiger partial charge in [0.1, 0.15) is 0 Å². The van der Waals surface area contributed by atoms with E-state index in [0.29, 0.717) is 6.10 Å². The lowest BCUT2D eigenvalue weighted by Gasteiger charge is -2.31. The fourth-order valence-corrected chi connectivity index (χ4v) is 2.80. The number of likely N-dealkylation sites (tertiary alicyclic amines) is 1. The molecule has 2 fully saturated rings. The van der Waals surface area contributed by atoms with Crippen LogP contribution in [0, 0.1) is 0 Å². The van der Waals surface area contributed by atoms with Crippen molar-refractivity contribution in [1.82, 2.24) is 4.90 Å². The summed E-state index contributed by atoms with van der Waals surface area (Å²) in [5.74, 6) is 0. The van der Waals surface area contributed by atoms with Crippen LogP contribution < -0.4 is 0 Å². The van der Waals surface area contributed by atoms with Crippen LogP contribution >= 0.6 is 12.2 Å². The first-order valence-corrected chi connectivity index (χ1v) is 6.66. The summed E-state index contributed by atoms with van der Waals surface area (Å²) in [7, 11) is 0. The molecular weight excluding hydrogens is 206 g/mol. The van der Waals surface area contributed by atoms with Gasteiger partial charge in [0, 0.05) is 26.1 Å². The number of rotatable bonds is 2. The second-order valence-corrected chi connectivity index (χ2v) is 5.11. The Morgan fingerprint density at radius 3 is 2.60 bits per heavy atom. The number of nitrogens with zero attached hydrogens (tertiary/aromatic N) is 1. The van der Waals surface area contributed by atoms with Gasteiger partial charge in [-0.05, 0) is 38.5 Å². The Morgan fingerprint density at radius 2 is 1.93 bits per heavy atom. The minimum Gasteiger partial charge on any atom is -0.378 e. The molecule has 0 aromatic rings. The minimum absolute atomic E-state index is 0.410. The highest BCUT2D eigenvalue weighted by Crippen LogP contribution is 2.19. The smallest absolute Gasteiger partial charge is 0.0805 e. The van der Waals surface area contributed by atoms with E-state index < -0.39 is 0 Å². The highest BCUT2D eigenvalue weighted by atomic mass is 32.1. The van der Waals surface area contributed by atoms with Gasteiger partial charge in [0.25, 0.3) is 0 Å². The second-order valence-electron chi connectivity index (χ2n) is 4.63. The first-order valence-electron chi connectivity index (χ1n) is 6.25. The molecule has 0 aliphatic carbocycles. The first kappa shape index (κ1) is 11.3. The van der Waals surface area contributed by atoms with E-state index in [4.69, 9.17) is 17.0 Å². The molecule has 2 heterocycles. The molecule has 2 aliphatic rings. The molecule has 1 atom stereocenters. The van der Waals surface area contributed by atoms with Gasteiger partial charge < -0.3 is 9.64 Å². The Balaban J connectivity index is 1.74. The zero-order valence-corrected chi connectivity index (χ0v) is 10.2. The molecule has 86 valence electrons. The van der Waals surface area contributed by atoms with Crippen LogP contribution in [0.5, 0.6) is 0 Å². The zero-order valence-electron chi connectivity index (χ0n) is 9.41. The third kappa shape index (κ3) is 3.42. The number of piperidine rings is 1. The molecule has 15 heavy (non-hydrogen) atoms. The van der Waals surface area contributed by atoms with Gasteiger partial charge in [-0.25, -0.2) is 0 Å². The van der Waals surface area contributed by atoms with Crippen LogP contribution in [-0.2, 0) is 4.74 Å². The average Bonchev–Trinajstić information content (AvgIpc) is 2.31. The summed E-state index contributed by atoms with van der Waals surface area (Å²) in [5.41, 5.74) is 0. The average molecular weight is 227 g/mol. The Bertz CT molecular complexity index is 208. The van der Waals surface area contributed by atoms with Crippen molar-refractivity contribution >= 4 is 17.2 Å². The van der Waals surface area contributed by atoms with Crippen LogP contribution in [0.1, 0.15) is 44.9 Å². The van der Waals surface area contributed by atoms with E-state index in [1.807, 2.05) is 0 Å². The number of hydrogen-bond donors (Lipinski definition) is 0. The van der Waals surface area contributed by atoms with E-state index in [1.165, 1.54) is 51.6 Å². The number of ether oxygens (including phenoxy) is 1. The van der Waals surface area contributed by atoms with Crippen LogP contribution in [0.3, 0.4) is 0 Å². The SMILES string of the molecule is S=C(CC1CCCCO1)N1CCCCC1. The molecule has 0 amide bonds. The molecule has 0 saturated carbocycles. The number of thiocarbonyl (C=S) groups is 1. The van der Waals surface area contributed by atoms with Gasteiger partial charge in [-0.1, -0.05) is 12.2 Å². The van der Waals surface area contributed by atoms with Gasteiger partial charge in [-0.2, -0.15) is 0 Å². The third-order valence-corrected chi connectivity index (χ3v) is 3.81. The van der Waals surface area contributed by atoms with Crippen molar-refractivity contribution in [3.05, 3.63) is 0 Å². The molecule has 0 aromatic heterocycles. The molecule has 2 aliphatic heterocycles. The second kappa shape index (κ2) is 5.80. The lowest BCUT2D eigenvalue weighted by atomic mass is 10.1. The fourth-order valence-electron chi connectivity index (χ4n) is 2.44. The Labute approximate surface area is 98.0 Å². The zero-order chi connectivity index (χ0) is 10.5. The number of hydrogen-bond acceptors (Lipinski definition) is 2. The molecule has 0 spiro atoms. The third-order valence-electron chi connectivity index (χ3n) is 3.39. The Kier molecular flexibility index (Phi) is 4.39. The Hall–Kier alpha value is -0.150. The summed E-state index contributed by atoms with van der Waals surface area (Å²) >= 11 is 5.50. The monoisotopic (exact) mass is 227 g/mol. The molecule has 2 nitrogen and oxygen atoms in total. The van der Waals surface area contributed by atoms with Gasteiger partial charge >= 0.3 is 0 Å². The van der Waals surface area contributed by atoms with Crippen LogP contribution in [-0.4, -0.2) is 35.7 Å². The van der Waals surface area contributed by atoms with Crippen LogP contribution in [0.4, 0.5) is 0 Å². The maximum absolute atomic E-state index is 5.73. The first-order chi connectivity index (χ1) is 7.36. The quantitative estimate of drug-likeness (QED) is 0.673. The molecule has 3 heteroatoms. The minimum atomic E-state index is 0.410. The van der Waals surface area contributed by atoms with Crippen LogP contribution in [0.2, 0.25) is 0 Å². The van der Waals surface area contributed by atoms with Crippen LogP contribution in [0.25, 0.3) is 0 Å². The maximum Gasteiger partial charge on any atom is 0.0805 e. The van der Waals surface area contributed by atoms with Crippen molar-refractivity contribution in [2.24, 2.45) is 0 Å². The topological polar surface area (TPSA) is 12.5 Å². The largest absolute Gasteiger partial charge is 0.378 e. The van der Waals surface area contributed by atoms with E-state index in [0.717, 1.165) is 18.0 Å². The fraction of sp³-hybridized carbons (Fsp3) is 0.917. The van der Waals surface area contributed by atoms with Crippen molar-refractivity contribution in [3.63, 3.8) is 0 Å². The molecule has 1 unspecified atom stereocenters. The highest BCUT2D eigenvalue weighted by molar-refractivity contribution is 7.80. The molecule has 2 rings (SSSR count). The van der Waals surface area contributed by atoms with Gasteiger partial charge in [-0.3, -0.25) is 0 Å². The van der Waals surface area contributed by atoms with E-state index in [-0.39, 0.29) is 0 Å². The highest BCUT2D eigenvalue weighted by Gasteiger charge is 2.19. The summed E-state index contributed by atoms with van der Waals surface area (Å²) in [6.45, 7) is 3.28. The van der Waals surface area contributed by atoms with Gasteiger partial charge in [-0.15, -0.1) is 0 Å².